The van der Waals surface area contributed by atoms with Crippen molar-refractivity contribution in [1.82, 2.24) is 9.97 Å². The molecule has 0 aromatic carbocycles. The Morgan fingerprint density at radius 1 is 1.32 bits per heavy atom. The van der Waals surface area contributed by atoms with E-state index >= 15 is 0 Å². The number of rotatable bonds is 5. The Labute approximate surface area is 109 Å². The molecule has 0 amide bonds. The molecule has 0 saturated carbocycles. The summed E-state index contributed by atoms with van der Waals surface area (Å²) in [7, 11) is 0. The standard InChI is InChI=1S/C11H17F3N4O/c1-6(2)19-10-8(15)9(16-5-17-10)18-7(3)4-11(12,13)14/h5-7H,4,15H2,1-3H3,(H,16,17,18). The number of hydrogen-bond donors (Lipinski definition) is 2. The topological polar surface area (TPSA) is 73.1 Å². The number of nitrogens with zero attached hydrogens (tertiary/aromatic N) is 2. The molecule has 0 spiro atoms. The van der Waals surface area contributed by atoms with Gasteiger partial charge in [0, 0.05) is 6.04 Å². The number of ether oxygens (including phenoxy) is 1. The first-order valence-electron chi connectivity index (χ1n) is 5.79. The molecule has 1 heterocycles. The highest BCUT2D eigenvalue weighted by molar-refractivity contribution is 5.66. The predicted octanol–water partition coefficient (Wildman–Crippen LogP) is 2.60. The van der Waals surface area contributed by atoms with Crippen LogP contribution in [0, 0.1) is 0 Å². The molecule has 0 aliphatic heterocycles. The van der Waals surface area contributed by atoms with Gasteiger partial charge in [-0.05, 0) is 20.8 Å². The van der Waals surface area contributed by atoms with Crippen molar-refractivity contribution < 1.29 is 17.9 Å². The van der Waals surface area contributed by atoms with E-state index in [2.05, 4.69) is 15.3 Å². The minimum absolute atomic E-state index is 0.102. The first kappa shape index (κ1) is 15.3. The summed E-state index contributed by atoms with van der Waals surface area (Å²) < 4.78 is 42.0. The lowest BCUT2D eigenvalue weighted by molar-refractivity contribution is -0.136. The van der Waals surface area contributed by atoms with E-state index in [0.717, 1.165) is 0 Å². The monoisotopic (exact) mass is 278 g/mol. The number of anilines is 2. The zero-order valence-electron chi connectivity index (χ0n) is 11.0. The van der Waals surface area contributed by atoms with E-state index in [-0.39, 0.29) is 23.5 Å². The number of nitrogens with one attached hydrogen (secondary N) is 1. The van der Waals surface area contributed by atoms with Crippen LogP contribution in [0.3, 0.4) is 0 Å². The van der Waals surface area contributed by atoms with Crippen LogP contribution >= 0.6 is 0 Å². The molecule has 8 heteroatoms. The highest BCUT2D eigenvalue weighted by Gasteiger charge is 2.30. The normalized spacial score (nSPS) is 13.4. The molecule has 3 N–H and O–H groups in total. The van der Waals surface area contributed by atoms with Gasteiger partial charge in [-0.25, -0.2) is 4.98 Å². The third-order valence-electron chi connectivity index (χ3n) is 2.12. The quantitative estimate of drug-likeness (QED) is 0.866. The molecule has 1 unspecified atom stereocenters. The van der Waals surface area contributed by atoms with Gasteiger partial charge in [0.25, 0.3) is 0 Å². The molecule has 5 nitrogen and oxygen atoms in total. The molecule has 1 rings (SSSR count). The maximum atomic E-state index is 12.2. The Morgan fingerprint density at radius 3 is 2.47 bits per heavy atom. The molecular weight excluding hydrogens is 261 g/mol. The van der Waals surface area contributed by atoms with Crippen LogP contribution in [-0.2, 0) is 0 Å². The van der Waals surface area contributed by atoms with Crippen LogP contribution < -0.4 is 15.8 Å². The van der Waals surface area contributed by atoms with Crippen molar-refractivity contribution in [2.45, 2.75) is 45.5 Å². The highest BCUT2D eigenvalue weighted by atomic mass is 19.4. The lowest BCUT2D eigenvalue weighted by Gasteiger charge is -2.18. The Balaban J connectivity index is 2.79. The summed E-state index contributed by atoms with van der Waals surface area (Å²) in [6.45, 7) is 4.99. The third-order valence-corrected chi connectivity index (χ3v) is 2.12. The summed E-state index contributed by atoms with van der Waals surface area (Å²) >= 11 is 0. The summed E-state index contributed by atoms with van der Waals surface area (Å²) in [6.07, 6.45) is -4.17. The van der Waals surface area contributed by atoms with Crippen molar-refractivity contribution in [2.24, 2.45) is 0 Å². The molecule has 19 heavy (non-hydrogen) atoms. The van der Waals surface area contributed by atoms with Gasteiger partial charge in [0.2, 0.25) is 5.88 Å². The largest absolute Gasteiger partial charge is 0.473 e. The van der Waals surface area contributed by atoms with E-state index in [1.807, 2.05) is 0 Å². The van der Waals surface area contributed by atoms with Gasteiger partial charge in [0.1, 0.15) is 12.0 Å². The first-order valence-corrected chi connectivity index (χ1v) is 5.79. The molecule has 1 aromatic rings. The Kier molecular flexibility index (Phi) is 4.79. The summed E-state index contributed by atoms with van der Waals surface area (Å²) in [5.41, 5.74) is 5.85. The van der Waals surface area contributed by atoms with Gasteiger partial charge in [0.15, 0.2) is 5.82 Å². The fraction of sp³-hybridized carbons (Fsp3) is 0.636. The lowest BCUT2D eigenvalue weighted by atomic mass is 10.2. The molecule has 0 bridgehead atoms. The van der Waals surface area contributed by atoms with Crippen LogP contribution in [0.5, 0.6) is 5.88 Å². The van der Waals surface area contributed by atoms with Crippen LogP contribution in [0.25, 0.3) is 0 Å². The summed E-state index contributed by atoms with van der Waals surface area (Å²) in [6, 6.07) is -0.843. The predicted molar refractivity (Wildman–Crippen MR) is 66.0 cm³/mol. The third kappa shape index (κ3) is 5.19. The Hall–Kier alpha value is -1.73. The van der Waals surface area contributed by atoms with Crippen LogP contribution in [-0.4, -0.2) is 28.3 Å². The second-order valence-electron chi connectivity index (χ2n) is 4.47. The number of nitrogens with two attached hydrogens (primary N) is 1. The Morgan fingerprint density at radius 2 is 1.95 bits per heavy atom. The molecule has 0 saturated heterocycles. The Bertz CT molecular complexity index is 423. The molecule has 1 aromatic heterocycles. The second kappa shape index (κ2) is 5.94. The van der Waals surface area contributed by atoms with Gasteiger partial charge in [-0.1, -0.05) is 0 Å². The maximum absolute atomic E-state index is 12.2. The molecule has 0 fully saturated rings. The van der Waals surface area contributed by atoms with Crippen molar-refractivity contribution in [3.05, 3.63) is 6.33 Å². The molecule has 0 radical (unpaired) electrons. The second-order valence-corrected chi connectivity index (χ2v) is 4.47. The van der Waals surface area contributed by atoms with Crippen LogP contribution in [0.4, 0.5) is 24.7 Å². The molecular formula is C11H17F3N4O. The van der Waals surface area contributed by atoms with E-state index in [1.54, 1.807) is 13.8 Å². The summed E-state index contributed by atoms with van der Waals surface area (Å²) in [4.78, 5) is 7.66. The lowest BCUT2D eigenvalue weighted by Crippen LogP contribution is -2.25. The van der Waals surface area contributed by atoms with Gasteiger partial charge in [-0.2, -0.15) is 18.2 Å². The number of alkyl halides is 3. The first-order chi connectivity index (χ1) is 8.69. The van der Waals surface area contributed by atoms with Gasteiger partial charge in [0.05, 0.1) is 12.5 Å². The highest BCUT2D eigenvalue weighted by Crippen LogP contribution is 2.28. The van der Waals surface area contributed by atoms with Gasteiger partial charge < -0.3 is 15.8 Å². The zero-order chi connectivity index (χ0) is 14.6. The number of hydrogen-bond acceptors (Lipinski definition) is 5. The minimum Gasteiger partial charge on any atom is -0.473 e. The number of halogens is 3. The van der Waals surface area contributed by atoms with Gasteiger partial charge >= 0.3 is 6.18 Å². The van der Waals surface area contributed by atoms with Gasteiger partial charge in [-0.3, -0.25) is 0 Å². The van der Waals surface area contributed by atoms with Gasteiger partial charge in [-0.15, -0.1) is 0 Å². The van der Waals surface area contributed by atoms with E-state index < -0.39 is 18.6 Å². The van der Waals surface area contributed by atoms with E-state index in [4.69, 9.17) is 10.5 Å². The van der Waals surface area contributed by atoms with Crippen molar-refractivity contribution in [1.29, 1.82) is 0 Å². The molecule has 0 aliphatic rings. The molecule has 1 atom stereocenters. The maximum Gasteiger partial charge on any atom is 0.391 e. The van der Waals surface area contributed by atoms with E-state index in [1.165, 1.54) is 13.3 Å². The average molecular weight is 278 g/mol. The molecule has 0 aliphatic carbocycles. The number of aromatic nitrogens is 2. The molecule has 108 valence electrons. The SMILES string of the molecule is CC(CC(F)(F)F)Nc1ncnc(OC(C)C)c1N. The van der Waals surface area contributed by atoms with Crippen LogP contribution in [0.1, 0.15) is 27.2 Å². The summed E-state index contributed by atoms with van der Waals surface area (Å²) in [5.74, 6) is 0.300. The van der Waals surface area contributed by atoms with Crippen molar-refractivity contribution in [2.75, 3.05) is 11.1 Å². The van der Waals surface area contributed by atoms with Crippen molar-refractivity contribution >= 4 is 11.5 Å². The fourth-order valence-corrected chi connectivity index (χ4v) is 1.44. The average Bonchev–Trinajstić information content (AvgIpc) is 2.20. The van der Waals surface area contributed by atoms with Crippen LogP contribution in [0.2, 0.25) is 0 Å². The number of nitrogen functional groups attached to an aromatic ring is 1. The smallest absolute Gasteiger partial charge is 0.391 e. The van der Waals surface area contributed by atoms with Crippen molar-refractivity contribution in [3.8, 4) is 5.88 Å². The van der Waals surface area contributed by atoms with E-state index in [0.29, 0.717) is 0 Å². The zero-order valence-corrected chi connectivity index (χ0v) is 11.0. The summed E-state index contributed by atoms with van der Waals surface area (Å²) in [5, 5.41) is 2.60. The van der Waals surface area contributed by atoms with E-state index in [9.17, 15) is 13.2 Å². The van der Waals surface area contributed by atoms with Crippen LogP contribution in [0.15, 0.2) is 6.33 Å². The fourth-order valence-electron chi connectivity index (χ4n) is 1.44. The minimum atomic E-state index is -4.24. The van der Waals surface area contributed by atoms with Crippen molar-refractivity contribution in [3.63, 3.8) is 0 Å².